The quantitative estimate of drug-likeness (QED) is 0.777. The third kappa shape index (κ3) is 2.02. The van der Waals surface area contributed by atoms with E-state index < -0.39 is 20.9 Å². The summed E-state index contributed by atoms with van der Waals surface area (Å²) in [5.74, 6) is -0.439. The number of hydrogen-bond donors (Lipinski definition) is 2. The summed E-state index contributed by atoms with van der Waals surface area (Å²) < 4.78 is 37.7. The van der Waals surface area contributed by atoms with Gasteiger partial charge in [0.15, 0.2) is 9.84 Å². The second kappa shape index (κ2) is 4.27. The van der Waals surface area contributed by atoms with Gasteiger partial charge in [-0.05, 0) is 32.2 Å². The maximum Gasteiger partial charge on any atom is 0.186 e. The number of nitrogens with one attached hydrogen (secondary N) is 2. The van der Waals surface area contributed by atoms with Crippen molar-refractivity contribution in [1.82, 2.24) is 5.32 Å². The van der Waals surface area contributed by atoms with E-state index in [-0.39, 0.29) is 10.9 Å². The van der Waals surface area contributed by atoms with Crippen LogP contribution in [0.25, 0.3) is 0 Å². The number of benzene rings is 1. The number of halogens is 1. The van der Waals surface area contributed by atoms with Crippen LogP contribution < -0.4 is 10.6 Å². The van der Waals surface area contributed by atoms with Crippen molar-refractivity contribution < 1.29 is 12.8 Å². The van der Waals surface area contributed by atoms with Crippen molar-refractivity contribution in [3.63, 3.8) is 0 Å². The Morgan fingerprint density at radius 3 is 2.82 bits per heavy atom. The molecule has 0 saturated carbocycles. The van der Waals surface area contributed by atoms with Gasteiger partial charge in [-0.2, -0.15) is 0 Å². The number of hydrogen-bond acceptors (Lipinski definition) is 4. The van der Waals surface area contributed by atoms with Crippen LogP contribution in [0.5, 0.6) is 0 Å². The van der Waals surface area contributed by atoms with Gasteiger partial charge in [0.05, 0.1) is 15.8 Å². The maximum atomic E-state index is 13.1. The highest BCUT2D eigenvalue weighted by Crippen LogP contribution is 2.32. The lowest BCUT2D eigenvalue weighted by Crippen LogP contribution is -2.47. The van der Waals surface area contributed by atoms with Crippen molar-refractivity contribution in [3.05, 3.63) is 24.0 Å². The van der Waals surface area contributed by atoms with Crippen molar-refractivity contribution in [3.8, 4) is 0 Å². The van der Waals surface area contributed by atoms with Gasteiger partial charge in [0, 0.05) is 12.6 Å². The van der Waals surface area contributed by atoms with Crippen LogP contribution in [0.1, 0.15) is 6.92 Å². The number of rotatable bonds is 2. The summed E-state index contributed by atoms with van der Waals surface area (Å²) >= 11 is 0. The van der Waals surface area contributed by atoms with E-state index in [0.29, 0.717) is 12.2 Å². The molecule has 94 valence electrons. The molecule has 2 rings (SSSR count). The molecule has 0 spiro atoms. The minimum Gasteiger partial charge on any atom is -0.380 e. The van der Waals surface area contributed by atoms with E-state index in [1.54, 1.807) is 14.0 Å². The topological polar surface area (TPSA) is 58.2 Å². The molecule has 2 unspecified atom stereocenters. The highest BCUT2D eigenvalue weighted by molar-refractivity contribution is 7.92. The summed E-state index contributed by atoms with van der Waals surface area (Å²) in [7, 11) is -1.69. The maximum absolute atomic E-state index is 13.1. The Hall–Kier alpha value is -1.14. The molecule has 1 aromatic rings. The SMILES string of the molecule is CNCC1C(C)Nc2cc(F)ccc2S1(=O)=O. The van der Waals surface area contributed by atoms with Crippen molar-refractivity contribution in [1.29, 1.82) is 0 Å². The first-order chi connectivity index (χ1) is 7.96. The first kappa shape index (κ1) is 12.3. The number of fused-ring (bicyclic) bond motifs is 1. The molecule has 0 fully saturated rings. The zero-order chi connectivity index (χ0) is 12.6. The molecule has 1 aromatic carbocycles. The van der Waals surface area contributed by atoms with Gasteiger partial charge in [0.25, 0.3) is 0 Å². The van der Waals surface area contributed by atoms with Gasteiger partial charge in [0.1, 0.15) is 5.82 Å². The fourth-order valence-corrected chi connectivity index (χ4v) is 4.12. The van der Waals surface area contributed by atoms with Gasteiger partial charge >= 0.3 is 0 Å². The lowest BCUT2D eigenvalue weighted by atomic mass is 10.2. The summed E-state index contributed by atoms with van der Waals surface area (Å²) in [5, 5.41) is 5.37. The lowest BCUT2D eigenvalue weighted by Gasteiger charge is -2.32. The van der Waals surface area contributed by atoms with Crippen LogP contribution in [0.3, 0.4) is 0 Å². The van der Waals surface area contributed by atoms with E-state index in [0.717, 1.165) is 0 Å². The van der Waals surface area contributed by atoms with Gasteiger partial charge in [-0.25, -0.2) is 12.8 Å². The first-order valence-electron chi connectivity index (χ1n) is 5.41. The van der Waals surface area contributed by atoms with E-state index in [1.165, 1.54) is 18.2 Å². The van der Waals surface area contributed by atoms with E-state index in [2.05, 4.69) is 10.6 Å². The van der Waals surface area contributed by atoms with Crippen LogP contribution in [0.15, 0.2) is 23.1 Å². The zero-order valence-corrected chi connectivity index (χ0v) is 10.5. The second-order valence-corrected chi connectivity index (χ2v) is 6.35. The van der Waals surface area contributed by atoms with Crippen molar-refractivity contribution in [2.45, 2.75) is 23.1 Å². The molecule has 2 N–H and O–H groups in total. The van der Waals surface area contributed by atoms with Crippen LogP contribution in [-0.4, -0.2) is 33.3 Å². The average Bonchev–Trinajstić information content (AvgIpc) is 2.23. The fraction of sp³-hybridized carbons (Fsp3) is 0.455. The van der Waals surface area contributed by atoms with Gasteiger partial charge < -0.3 is 10.6 Å². The monoisotopic (exact) mass is 258 g/mol. The molecule has 0 radical (unpaired) electrons. The lowest BCUT2D eigenvalue weighted by molar-refractivity contribution is 0.548. The van der Waals surface area contributed by atoms with E-state index in [1.807, 2.05) is 0 Å². The van der Waals surface area contributed by atoms with E-state index >= 15 is 0 Å². The Kier molecular flexibility index (Phi) is 3.09. The smallest absolute Gasteiger partial charge is 0.186 e. The summed E-state index contributed by atoms with van der Waals surface area (Å²) in [6.07, 6.45) is 0. The van der Waals surface area contributed by atoms with Gasteiger partial charge in [-0.3, -0.25) is 0 Å². The van der Waals surface area contributed by atoms with Crippen molar-refractivity contribution in [2.75, 3.05) is 18.9 Å². The molecule has 4 nitrogen and oxygen atoms in total. The molecule has 0 amide bonds. The summed E-state index contributed by atoms with van der Waals surface area (Å²) in [5.41, 5.74) is 0.352. The van der Waals surface area contributed by atoms with Gasteiger partial charge in [0.2, 0.25) is 0 Å². The summed E-state index contributed by atoms with van der Waals surface area (Å²) in [4.78, 5) is 0.178. The van der Waals surface area contributed by atoms with E-state index in [4.69, 9.17) is 0 Å². The molecule has 17 heavy (non-hydrogen) atoms. The van der Waals surface area contributed by atoms with Crippen LogP contribution in [0, 0.1) is 5.82 Å². The predicted octanol–water partition coefficient (Wildman–Crippen LogP) is 1.00. The Balaban J connectivity index is 2.54. The van der Waals surface area contributed by atoms with Crippen molar-refractivity contribution in [2.24, 2.45) is 0 Å². The number of anilines is 1. The number of sulfone groups is 1. The average molecular weight is 258 g/mol. The molecule has 0 bridgehead atoms. The Labute approximate surface area is 100 Å². The van der Waals surface area contributed by atoms with Crippen molar-refractivity contribution >= 4 is 15.5 Å². The van der Waals surface area contributed by atoms with Crippen LogP contribution in [0.2, 0.25) is 0 Å². The van der Waals surface area contributed by atoms with Crippen LogP contribution in [-0.2, 0) is 9.84 Å². The molecular formula is C11H15FN2O2S. The fourth-order valence-electron chi connectivity index (χ4n) is 2.12. The zero-order valence-electron chi connectivity index (χ0n) is 9.70. The Bertz CT molecular complexity index is 530. The third-order valence-corrected chi connectivity index (χ3v) is 5.33. The van der Waals surface area contributed by atoms with Crippen LogP contribution >= 0.6 is 0 Å². The van der Waals surface area contributed by atoms with Crippen LogP contribution in [0.4, 0.5) is 10.1 Å². The standard InChI is InChI=1S/C11H15FN2O2S/c1-7-11(6-13-2)17(15,16)10-4-3-8(12)5-9(10)14-7/h3-5,7,11,13-14H,6H2,1-2H3. The Morgan fingerprint density at radius 2 is 2.18 bits per heavy atom. The molecule has 0 saturated heterocycles. The summed E-state index contributed by atoms with van der Waals surface area (Å²) in [6.45, 7) is 2.15. The molecule has 0 aliphatic carbocycles. The second-order valence-electron chi connectivity index (χ2n) is 4.21. The van der Waals surface area contributed by atoms with E-state index in [9.17, 15) is 12.8 Å². The molecule has 1 heterocycles. The largest absolute Gasteiger partial charge is 0.380 e. The molecule has 2 atom stereocenters. The minimum absolute atomic E-state index is 0.178. The highest BCUT2D eigenvalue weighted by atomic mass is 32.2. The normalized spacial score (nSPS) is 26.1. The molecule has 0 aromatic heterocycles. The first-order valence-corrected chi connectivity index (χ1v) is 6.96. The van der Waals surface area contributed by atoms with Gasteiger partial charge in [-0.15, -0.1) is 0 Å². The molecule has 1 aliphatic rings. The molecule has 6 heteroatoms. The molecule has 1 aliphatic heterocycles. The summed E-state index contributed by atoms with van der Waals surface area (Å²) in [6, 6.07) is 3.46. The van der Waals surface area contributed by atoms with Gasteiger partial charge in [-0.1, -0.05) is 0 Å². The molecular weight excluding hydrogens is 243 g/mol. The predicted molar refractivity (Wildman–Crippen MR) is 64.4 cm³/mol. The third-order valence-electron chi connectivity index (χ3n) is 2.99. The Morgan fingerprint density at radius 1 is 1.47 bits per heavy atom. The minimum atomic E-state index is -3.40. The highest BCUT2D eigenvalue weighted by Gasteiger charge is 2.38.